The first kappa shape index (κ1) is 17.4. The maximum Gasteiger partial charge on any atom is 0.336 e. The van der Waals surface area contributed by atoms with Crippen LogP contribution in [0, 0.1) is 0 Å². The largest absolute Gasteiger partial charge is 0.451 e. The molecule has 5 nitrogen and oxygen atoms in total. The molecule has 0 aliphatic carbocycles. The molecule has 4 rings (SSSR count). The number of carbonyl (C=O) groups is 1. The minimum absolute atomic E-state index is 0.186. The van der Waals surface area contributed by atoms with Crippen molar-refractivity contribution in [3.63, 3.8) is 0 Å². The summed E-state index contributed by atoms with van der Waals surface area (Å²) < 4.78 is 10.8. The molecule has 0 saturated carbocycles. The van der Waals surface area contributed by atoms with E-state index in [4.69, 9.17) is 20.4 Å². The van der Waals surface area contributed by atoms with E-state index in [1.807, 2.05) is 12.1 Å². The van der Waals surface area contributed by atoms with Gasteiger partial charge < -0.3 is 14.2 Å². The van der Waals surface area contributed by atoms with Crippen molar-refractivity contribution in [2.75, 3.05) is 0 Å². The molecular formula is C21H16ClNO4. The molecule has 1 amide bonds. The van der Waals surface area contributed by atoms with Gasteiger partial charge in [-0.05, 0) is 53.9 Å². The summed E-state index contributed by atoms with van der Waals surface area (Å²) in [6.45, 7) is 2.24. The van der Waals surface area contributed by atoms with Crippen molar-refractivity contribution in [1.82, 2.24) is 5.32 Å². The molecule has 0 radical (unpaired) electrons. The smallest absolute Gasteiger partial charge is 0.336 e. The third-order valence-corrected chi connectivity index (χ3v) is 4.68. The van der Waals surface area contributed by atoms with Gasteiger partial charge in [-0.3, -0.25) is 4.79 Å². The quantitative estimate of drug-likeness (QED) is 0.521. The minimum Gasteiger partial charge on any atom is -0.451 e. The van der Waals surface area contributed by atoms with E-state index in [2.05, 4.69) is 12.2 Å². The van der Waals surface area contributed by atoms with Crippen LogP contribution >= 0.6 is 11.6 Å². The molecule has 2 heterocycles. The molecule has 0 bridgehead atoms. The van der Waals surface area contributed by atoms with Gasteiger partial charge in [0.15, 0.2) is 5.76 Å². The molecule has 0 spiro atoms. The normalized spacial score (nSPS) is 11.2. The van der Waals surface area contributed by atoms with Crippen molar-refractivity contribution in [2.45, 2.75) is 19.9 Å². The Morgan fingerprint density at radius 2 is 1.85 bits per heavy atom. The SMILES string of the molecule is CCc1ccc2oc(=O)cc(CNC(=O)c3cc4cc(Cl)ccc4o3)c2c1. The summed E-state index contributed by atoms with van der Waals surface area (Å²) in [7, 11) is 0. The monoisotopic (exact) mass is 381 g/mol. The Bertz CT molecular complexity index is 1220. The number of amides is 1. The van der Waals surface area contributed by atoms with Gasteiger partial charge in [-0.15, -0.1) is 0 Å². The number of furan rings is 1. The first-order valence-electron chi connectivity index (χ1n) is 8.56. The number of benzene rings is 2. The molecule has 27 heavy (non-hydrogen) atoms. The highest BCUT2D eigenvalue weighted by Crippen LogP contribution is 2.23. The van der Waals surface area contributed by atoms with E-state index in [1.54, 1.807) is 30.3 Å². The highest BCUT2D eigenvalue weighted by Gasteiger charge is 2.14. The predicted molar refractivity (Wildman–Crippen MR) is 104 cm³/mol. The Kier molecular flexibility index (Phi) is 4.46. The number of aryl methyl sites for hydroxylation is 1. The summed E-state index contributed by atoms with van der Waals surface area (Å²) in [5.41, 5.74) is 2.46. The molecule has 1 N–H and O–H groups in total. The maximum absolute atomic E-state index is 12.5. The van der Waals surface area contributed by atoms with Crippen LogP contribution in [0.2, 0.25) is 5.02 Å². The molecule has 0 aliphatic heterocycles. The summed E-state index contributed by atoms with van der Waals surface area (Å²) in [4.78, 5) is 24.3. The molecule has 0 unspecified atom stereocenters. The Balaban J connectivity index is 1.62. The zero-order valence-corrected chi connectivity index (χ0v) is 15.3. The Morgan fingerprint density at radius 3 is 2.67 bits per heavy atom. The lowest BCUT2D eigenvalue weighted by Gasteiger charge is -2.08. The Morgan fingerprint density at radius 1 is 1.04 bits per heavy atom. The number of hydrogen-bond acceptors (Lipinski definition) is 4. The summed E-state index contributed by atoms with van der Waals surface area (Å²) in [6.07, 6.45) is 0.864. The van der Waals surface area contributed by atoms with Crippen molar-refractivity contribution in [3.8, 4) is 0 Å². The topological polar surface area (TPSA) is 72.5 Å². The van der Waals surface area contributed by atoms with E-state index in [0.717, 1.165) is 22.8 Å². The molecule has 0 fully saturated rings. The van der Waals surface area contributed by atoms with E-state index >= 15 is 0 Å². The van der Waals surface area contributed by atoms with Crippen molar-refractivity contribution < 1.29 is 13.6 Å². The van der Waals surface area contributed by atoms with E-state index in [-0.39, 0.29) is 18.2 Å². The summed E-state index contributed by atoms with van der Waals surface area (Å²) in [5.74, 6) is -0.177. The molecular weight excluding hydrogens is 366 g/mol. The van der Waals surface area contributed by atoms with Crippen molar-refractivity contribution in [2.24, 2.45) is 0 Å². The number of carbonyl (C=O) groups excluding carboxylic acids is 1. The van der Waals surface area contributed by atoms with Crippen LogP contribution in [0.25, 0.3) is 21.9 Å². The van der Waals surface area contributed by atoms with Crippen molar-refractivity contribution in [1.29, 1.82) is 0 Å². The van der Waals surface area contributed by atoms with E-state index < -0.39 is 5.63 Å². The van der Waals surface area contributed by atoms with Crippen LogP contribution in [-0.2, 0) is 13.0 Å². The Hall–Kier alpha value is -3.05. The van der Waals surface area contributed by atoms with Gasteiger partial charge in [0.05, 0.1) is 0 Å². The van der Waals surface area contributed by atoms with Gasteiger partial charge in [-0.25, -0.2) is 4.79 Å². The Labute approximate surface area is 159 Å². The van der Waals surface area contributed by atoms with Gasteiger partial charge >= 0.3 is 5.63 Å². The molecule has 0 aliphatic rings. The van der Waals surface area contributed by atoms with Gasteiger partial charge in [0.25, 0.3) is 5.91 Å². The van der Waals surface area contributed by atoms with Gasteiger partial charge in [0.2, 0.25) is 0 Å². The highest BCUT2D eigenvalue weighted by atomic mass is 35.5. The third-order valence-electron chi connectivity index (χ3n) is 4.44. The molecule has 136 valence electrons. The maximum atomic E-state index is 12.5. The van der Waals surface area contributed by atoms with Crippen LogP contribution < -0.4 is 10.9 Å². The second-order valence-electron chi connectivity index (χ2n) is 6.25. The fourth-order valence-electron chi connectivity index (χ4n) is 3.03. The first-order valence-corrected chi connectivity index (χ1v) is 8.94. The average Bonchev–Trinajstić information content (AvgIpc) is 3.08. The van der Waals surface area contributed by atoms with Gasteiger partial charge in [-0.2, -0.15) is 0 Å². The molecule has 2 aromatic carbocycles. The zero-order valence-electron chi connectivity index (χ0n) is 14.5. The van der Waals surface area contributed by atoms with Crippen LogP contribution in [0.3, 0.4) is 0 Å². The van der Waals surface area contributed by atoms with Gasteiger partial charge in [0.1, 0.15) is 11.2 Å². The fourth-order valence-corrected chi connectivity index (χ4v) is 3.21. The molecule has 4 aromatic rings. The zero-order chi connectivity index (χ0) is 19.0. The lowest BCUT2D eigenvalue weighted by molar-refractivity contribution is 0.0925. The number of fused-ring (bicyclic) bond motifs is 2. The number of nitrogens with one attached hydrogen (secondary N) is 1. The number of hydrogen-bond donors (Lipinski definition) is 1. The number of rotatable bonds is 4. The minimum atomic E-state index is -0.450. The van der Waals surface area contributed by atoms with Gasteiger partial charge in [0, 0.05) is 28.4 Å². The van der Waals surface area contributed by atoms with Crippen LogP contribution in [0.15, 0.2) is 62.2 Å². The summed E-state index contributed by atoms with van der Waals surface area (Å²) in [5, 5.41) is 4.94. The van der Waals surface area contributed by atoms with Gasteiger partial charge in [-0.1, -0.05) is 24.6 Å². The van der Waals surface area contributed by atoms with Crippen LogP contribution in [-0.4, -0.2) is 5.91 Å². The molecule has 0 atom stereocenters. The summed E-state index contributed by atoms with van der Waals surface area (Å²) >= 11 is 5.96. The molecule has 6 heteroatoms. The lowest BCUT2D eigenvalue weighted by atomic mass is 10.1. The average molecular weight is 382 g/mol. The predicted octanol–water partition coefficient (Wildman–Crippen LogP) is 4.69. The van der Waals surface area contributed by atoms with Crippen molar-refractivity contribution in [3.05, 3.63) is 80.9 Å². The molecule has 0 saturated heterocycles. The summed E-state index contributed by atoms with van der Waals surface area (Å²) in [6, 6.07) is 13.9. The van der Waals surface area contributed by atoms with E-state index in [1.165, 1.54) is 6.07 Å². The molecule has 2 aromatic heterocycles. The van der Waals surface area contributed by atoms with E-state index in [9.17, 15) is 9.59 Å². The van der Waals surface area contributed by atoms with Crippen LogP contribution in [0.4, 0.5) is 0 Å². The second-order valence-corrected chi connectivity index (χ2v) is 6.69. The van der Waals surface area contributed by atoms with Crippen LogP contribution in [0.5, 0.6) is 0 Å². The van der Waals surface area contributed by atoms with Crippen LogP contribution in [0.1, 0.15) is 28.6 Å². The standard InChI is InChI=1S/C21H16ClNO4/c1-2-12-3-5-18-16(7-12)14(10-20(24)27-18)11-23-21(25)19-9-13-8-15(22)4-6-17(13)26-19/h3-10H,2,11H2,1H3,(H,23,25). The highest BCUT2D eigenvalue weighted by molar-refractivity contribution is 6.31. The number of halogens is 1. The second kappa shape index (κ2) is 6.93. The van der Waals surface area contributed by atoms with E-state index in [0.29, 0.717) is 21.8 Å². The fraction of sp³-hybridized carbons (Fsp3) is 0.143. The van der Waals surface area contributed by atoms with Crippen molar-refractivity contribution >= 4 is 39.4 Å². The lowest BCUT2D eigenvalue weighted by Crippen LogP contribution is -2.23. The third kappa shape index (κ3) is 3.46. The first-order chi connectivity index (χ1) is 13.0.